The highest BCUT2D eigenvalue weighted by atomic mass is 19.4. The van der Waals surface area contributed by atoms with Crippen LogP contribution in [0.3, 0.4) is 0 Å². The van der Waals surface area contributed by atoms with E-state index in [2.05, 4.69) is 4.98 Å². The third-order valence-electron chi connectivity index (χ3n) is 2.85. The van der Waals surface area contributed by atoms with Gasteiger partial charge in [0.1, 0.15) is 6.54 Å². The van der Waals surface area contributed by atoms with Gasteiger partial charge in [0.25, 0.3) is 5.91 Å². The molecule has 0 radical (unpaired) electrons. The predicted molar refractivity (Wildman–Crippen MR) is 62.1 cm³/mol. The SMILES string of the molecule is NNc1nccc(C(=O)N(CC(F)(F)F)C2CC2)c1F. The number of hydrazine groups is 1. The van der Waals surface area contributed by atoms with Crippen LogP contribution in [0.25, 0.3) is 0 Å². The highest BCUT2D eigenvalue weighted by Crippen LogP contribution is 2.32. The molecule has 3 N–H and O–H groups in total. The fourth-order valence-electron chi connectivity index (χ4n) is 1.81. The minimum absolute atomic E-state index is 0.390. The molecule has 0 aromatic carbocycles. The van der Waals surface area contributed by atoms with E-state index in [-0.39, 0.29) is 0 Å². The number of carbonyl (C=O) groups is 1. The monoisotopic (exact) mass is 292 g/mol. The van der Waals surface area contributed by atoms with E-state index in [9.17, 15) is 22.4 Å². The largest absolute Gasteiger partial charge is 0.406 e. The number of rotatable bonds is 4. The zero-order chi connectivity index (χ0) is 14.9. The van der Waals surface area contributed by atoms with Gasteiger partial charge in [-0.05, 0) is 18.9 Å². The number of nitrogens with one attached hydrogen (secondary N) is 1. The topological polar surface area (TPSA) is 71.2 Å². The number of aromatic nitrogens is 1. The molecule has 0 saturated heterocycles. The molecular weight excluding hydrogens is 280 g/mol. The molecule has 2 rings (SSSR count). The van der Waals surface area contributed by atoms with Crippen molar-refractivity contribution < 1.29 is 22.4 Å². The third-order valence-corrected chi connectivity index (χ3v) is 2.85. The summed E-state index contributed by atoms with van der Waals surface area (Å²) in [5, 5.41) is 0. The fraction of sp³-hybridized carbons (Fsp3) is 0.455. The van der Waals surface area contributed by atoms with Gasteiger partial charge in [0.15, 0.2) is 11.6 Å². The van der Waals surface area contributed by atoms with E-state index in [1.807, 2.05) is 5.43 Å². The molecule has 0 aliphatic heterocycles. The van der Waals surface area contributed by atoms with Gasteiger partial charge in [-0.3, -0.25) is 4.79 Å². The van der Waals surface area contributed by atoms with Gasteiger partial charge in [-0.25, -0.2) is 15.2 Å². The van der Waals surface area contributed by atoms with Gasteiger partial charge in [0, 0.05) is 12.2 Å². The Morgan fingerprint density at radius 3 is 2.65 bits per heavy atom. The Bertz CT molecular complexity index is 516. The number of hydrogen-bond acceptors (Lipinski definition) is 4. The highest BCUT2D eigenvalue weighted by Gasteiger charge is 2.41. The van der Waals surface area contributed by atoms with Crippen molar-refractivity contribution in [3.05, 3.63) is 23.6 Å². The van der Waals surface area contributed by atoms with Crippen LogP contribution < -0.4 is 11.3 Å². The normalized spacial score (nSPS) is 15.1. The van der Waals surface area contributed by atoms with Crippen molar-refractivity contribution in [2.75, 3.05) is 12.0 Å². The minimum atomic E-state index is -4.53. The van der Waals surface area contributed by atoms with Crippen molar-refractivity contribution in [1.29, 1.82) is 0 Å². The standard InChI is InChI=1S/C11H12F4N4O/c12-8-7(3-4-17-9(8)18-16)10(20)19(6-1-2-6)5-11(13,14)15/h3-4,6H,1-2,5,16H2,(H,17,18). The number of halogens is 4. The van der Waals surface area contributed by atoms with Gasteiger partial charge in [-0.1, -0.05) is 0 Å². The molecule has 1 aromatic heterocycles. The molecule has 1 aliphatic carbocycles. The summed E-state index contributed by atoms with van der Waals surface area (Å²) >= 11 is 0. The minimum Gasteiger partial charge on any atom is -0.326 e. The summed E-state index contributed by atoms with van der Waals surface area (Å²) in [6, 6.07) is 0.538. The molecule has 1 saturated carbocycles. The Hall–Kier alpha value is -1.90. The quantitative estimate of drug-likeness (QED) is 0.503. The highest BCUT2D eigenvalue weighted by molar-refractivity contribution is 5.95. The Morgan fingerprint density at radius 1 is 1.50 bits per heavy atom. The van der Waals surface area contributed by atoms with Crippen molar-refractivity contribution in [1.82, 2.24) is 9.88 Å². The van der Waals surface area contributed by atoms with Crippen LogP contribution in [0.15, 0.2) is 12.3 Å². The first-order valence-corrected chi connectivity index (χ1v) is 5.82. The smallest absolute Gasteiger partial charge is 0.326 e. The number of nitrogens with two attached hydrogens (primary N) is 1. The van der Waals surface area contributed by atoms with Crippen LogP contribution in [0, 0.1) is 5.82 Å². The maximum Gasteiger partial charge on any atom is 0.406 e. The number of hydrogen-bond donors (Lipinski definition) is 2. The van der Waals surface area contributed by atoms with Crippen LogP contribution in [-0.4, -0.2) is 34.6 Å². The fourth-order valence-corrected chi connectivity index (χ4v) is 1.81. The summed E-state index contributed by atoms with van der Waals surface area (Å²) in [5.74, 6) is 2.55. The molecule has 0 unspecified atom stereocenters. The Morgan fingerprint density at radius 2 is 2.15 bits per heavy atom. The van der Waals surface area contributed by atoms with Crippen molar-refractivity contribution in [2.24, 2.45) is 5.84 Å². The molecule has 0 spiro atoms. The van der Waals surface area contributed by atoms with Crippen LogP contribution in [0.2, 0.25) is 0 Å². The zero-order valence-corrected chi connectivity index (χ0v) is 10.2. The van der Waals surface area contributed by atoms with Gasteiger partial charge in [-0.2, -0.15) is 13.2 Å². The molecule has 1 fully saturated rings. The molecular formula is C11H12F4N4O. The average molecular weight is 292 g/mol. The first-order valence-electron chi connectivity index (χ1n) is 5.82. The second kappa shape index (κ2) is 5.23. The number of anilines is 1. The van der Waals surface area contributed by atoms with Crippen molar-refractivity contribution in [3.8, 4) is 0 Å². The zero-order valence-electron chi connectivity index (χ0n) is 10.2. The maximum atomic E-state index is 13.9. The van der Waals surface area contributed by atoms with Crippen LogP contribution in [-0.2, 0) is 0 Å². The average Bonchev–Trinajstić information content (AvgIpc) is 3.18. The lowest BCUT2D eigenvalue weighted by Crippen LogP contribution is -2.41. The number of nitrogens with zero attached hydrogens (tertiary/aromatic N) is 2. The molecule has 20 heavy (non-hydrogen) atoms. The van der Waals surface area contributed by atoms with E-state index in [0.717, 1.165) is 12.3 Å². The van der Waals surface area contributed by atoms with Gasteiger partial charge < -0.3 is 10.3 Å². The maximum absolute atomic E-state index is 13.9. The Labute approximate surface area is 111 Å². The summed E-state index contributed by atoms with van der Waals surface area (Å²) in [6.45, 7) is -1.40. The predicted octanol–water partition coefficient (Wildman–Crippen LogP) is 1.67. The van der Waals surface area contributed by atoms with Crippen molar-refractivity contribution in [3.63, 3.8) is 0 Å². The molecule has 1 heterocycles. The molecule has 1 amide bonds. The van der Waals surface area contributed by atoms with Crippen LogP contribution in [0.4, 0.5) is 23.4 Å². The lowest BCUT2D eigenvalue weighted by molar-refractivity contribution is -0.141. The molecule has 1 aromatic rings. The summed E-state index contributed by atoms with van der Waals surface area (Å²) in [6.07, 6.45) is -2.46. The third kappa shape index (κ3) is 3.16. The van der Waals surface area contributed by atoms with Crippen LogP contribution in [0.1, 0.15) is 23.2 Å². The molecule has 9 heteroatoms. The Balaban J connectivity index is 2.28. The van der Waals surface area contributed by atoms with Gasteiger partial charge in [0.05, 0.1) is 5.56 Å². The first-order chi connectivity index (χ1) is 9.33. The second-order valence-corrected chi connectivity index (χ2v) is 4.44. The number of amides is 1. The van der Waals surface area contributed by atoms with Crippen molar-refractivity contribution in [2.45, 2.75) is 25.1 Å². The van der Waals surface area contributed by atoms with E-state index in [0.29, 0.717) is 17.7 Å². The van der Waals surface area contributed by atoms with Gasteiger partial charge in [0.2, 0.25) is 0 Å². The van der Waals surface area contributed by atoms with Crippen molar-refractivity contribution >= 4 is 11.7 Å². The second-order valence-electron chi connectivity index (χ2n) is 4.44. The van der Waals surface area contributed by atoms with E-state index in [1.165, 1.54) is 0 Å². The molecule has 0 bridgehead atoms. The summed E-state index contributed by atoms with van der Waals surface area (Å²) in [4.78, 5) is 16.3. The van der Waals surface area contributed by atoms with Crippen LogP contribution >= 0.6 is 0 Å². The van der Waals surface area contributed by atoms with Gasteiger partial charge in [-0.15, -0.1) is 0 Å². The number of nitrogen functional groups attached to an aromatic ring is 1. The van der Waals surface area contributed by atoms with E-state index >= 15 is 0 Å². The number of carbonyl (C=O) groups excluding carboxylic acids is 1. The Kier molecular flexibility index (Phi) is 3.80. The number of pyridine rings is 1. The van der Waals surface area contributed by atoms with E-state index in [4.69, 9.17) is 5.84 Å². The molecule has 0 atom stereocenters. The first kappa shape index (κ1) is 14.5. The summed E-state index contributed by atoms with van der Waals surface area (Å²) < 4.78 is 51.3. The molecule has 110 valence electrons. The molecule has 1 aliphatic rings. The molecule has 5 nitrogen and oxygen atoms in total. The van der Waals surface area contributed by atoms with E-state index < -0.39 is 41.9 Å². The van der Waals surface area contributed by atoms with E-state index in [1.54, 1.807) is 0 Å². The van der Waals surface area contributed by atoms with Gasteiger partial charge >= 0.3 is 6.18 Å². The number of alkyl halides is 3. The van der Waals surface area contributed by atoms with Crippen LogP contribution in [0.5, 0.6) is 0 Å². The summed E-state index contributed by atoms with van der Waals surface area (Å²) in [7, 11) is 0. The lowest BCUT2D eigenvalue weighted by Gasteiger charge is -2.24. The lowest BCUT2D eigenvalue weighted by atomic mass is 10.2. The summed E-state index contributed by atoms with van der Waals surface area (Å²) in [5.41, 5.74) is 1.46.